The lowest BCUT2D eigenvalue weighted by molar-refractivity contribution is -0.140. The fraction of sp³-hybridized carbons (Fsp3) is 0.786. The maximum Gasteiger partial charge on any atom is 0.318 e. The van der Waals surface area contributed by atoms with Gasteiger partial charge in [-0.05, 0) is 12.8 Å². The molecule has 0 spiro atoms. The highest BCUT2D eigenvalue weighted by molar-refractivity contribution is 5.81. The van der Waals surface area contributed by atoms with Crippen molar-refractivity contribution < 1.29 is 13.9 Å². The highest BCUT2D eigenvalue weighted by Crippen LogP contribution is 2.31. The molecule has 3 fully saturated rings. The number of hydrogen-bond donors (Lipinski definition) is 0. The minimum absolute atomic E-state index is 0.0255. The summed E-state index contributed by atoms with van der Waals surface area (Å²) in [6.45, 7) is 4.66. The third-order valence-electron chi connectivity index (χ3n) is 4.36. The number of anilines is 1. The highest BCUT2D eigenvalue weighted by atomic mass is 16.5. The number of aromatic nitrogens is 2. The van der Waals surface area contributed by atoms with E-state index < -0.39 is 0 Å². The van der Waals surface area contributed by atoms with Crippen LogP contribution < -0.4 is 4.90 Å². The number of methoxy groups -OCH3 is 1. The van der Waals surface area contributed by atoms with Gasteiger partial charge >= 0.3 is 6.01 Å². The molecule has 116 valence electrons. The smallest absolute Gasteiger partial charge is 0.318 e. The van der Waals surface area contributed by atoms with Crippen LogP contribution in [-0.2, 0) is 16.0 Å². The molecule has 4 rings (SSSR count). The van der Waals surface area contributed by atoms with E-state index >= 15 is 0 Å². The van der Waals surface area contributed by atoms with Gasteiger partial charge < -0.3 is 19.0 Å². The molecule has 1 aromatic rings. The van der Waals surface area contributed by atoms with E-state index in [4.69, 9.17) is 9.15 Å². The average molecular weight is 294 g/mol. The van der Waals surface area contributed by atoms with Crippen LogP contribution in [0, 0.1) is 5.92 Å². The van der Waals surface area contributed by atoms with Gasteiger partial charge in [-0.2, -0.15) is 0 Å². The van der Waals surface area contributed by atoms with Crippen molar-refractivity contribution in [1.29, 1.82) is 0 Å². The van der Waals surface area contributed by atoms with Crippen molar-refractivity contribution in [3.8, 4) is 0 Å². The van der Waals surface area contributed by atoms with Crippen LogP contribution in [-0.4, -0.2) is 60.4 Å². The van der Waals surface area contributed by atoms with Gasteiger partial charge in [0.15, 0.2) is 0 Å². The van der Waals surface area contributed by atoms with Gasteiger partial charge in [-0.1, -0.05) is 12.0 Å². The molecule has 7 nitrogen and oxygen atoms in total. The third-order valence-corrected chi connectivity index (χ3v) is 4.36. The van der Waals surface area contributed by atoms with E-state index in [-0.39, 0.29) is 17.9 Å². The van der Waals surface area contributed by atoms with Gasteiger partial charge in [0.05, 0.1) is 12.5 Å². The second-order valence-corrected chi connectivity index (χ2v) is 5.69. The summed E-state index contributed by atoms with van der Waals surface area (Å²) < 4.78 is 10.8. The molecule has 3 saturated heterocycles. The van der Waals surface area contributed by atoms with E-state index in [9.17, 15) is 4.79 Å². The Hall–Kier alpha value is -1.63. The molecule has 0 aromatic carbocycles. The van der Waals surface area contributed by atoms with Crippen LogP contribution in [0.1, 0.15) is 25.7 Å². The van der Waals surface area contributed by atoms with Crippen LogP contribution >= 0.6 is 0 Å². The first-order valence-corrected chi connectivity index (χ1v) is 7.59. The number of aryl methyl sites for hydroxylation is 1. The van der Waals surface area contributed by atoms with Crippen molar-refractivity contribution >= 4 is 11.9 Å². The van der Waals surface area contributed by atoms with Crippen LogP contribution in [0.15, 0.2) is 4.42 Å². The van der Waals surface area contributed by atoms with Crippen LogP contribution in [0.5, 0.6) is 0 Å². The standard InChI is InChI=1S/C14H22N4O3/c1-3-12-15-16-14(21-12)17-8-10-4-5-11(9-17)18(13(10)19)6-7-20-2/h10-11H,3-9H2,1-2H3/t10-,11+/m0/s1. The molecule has 4 heterocycles. The number of fused-ring (bicyclic) bond motifs is 4. The average Bonchev–Trinajstić information content (AvgIpc) is 2.82. The molecular formula is C14H22N4O3. The largest absolute Gasteiger partial charge is 0.408 e. The zero-order valence-electron chi connectivity index (χ0n) is 12.6. The van der Waals surface area contributed by atoms with Crippen LogP contribution in [0.3, 0.4) is 0 Å². The van der Waals surface area contributed by atoms with Gasteiger partial charge in [-0.3, -0.25) is 4.79 Å². The quantitative estimate of drug-likeness (QED) is 0.796. The number of amides is 1. The molecule has 21 heavy (non-hydrogen) atoms. The van der Waals surface area contributed by atoms with Crippen molar-refractivity contribution in [3.63, 3.8) is 0 Å². The van der Waals surface area contributed by atoms with Crippen LogP contribution in [0.4, 0.5) is 6.01 Å². The predicted molar refractivity (Wildman–Crippen MR) is 76.0 cm³/mol. The number of carbonyl (C=O) groups excluding carboxylic acids is 1. The number of piperidine rings is 1. The first-order valence-electron chi connectivity index (χ1n) is 7.59. The number of carbonyl (C=O) groups is 1. The maximum absolute atomic E-state index is 12.5. The monoisotopic (exact) mass is 294 g/mol. The molecule has 7 heteroatoms. The van der Waals surface area contributed by atoms with Gasteiger partial charge in [0.1, 0.15) is 0 Å². The lowest BCUT2D eigenvalue weighted by Gasteiger charge is -2.35. The van der Waals surface area contributed by atoms with Crippen molar-refractivity contribution in [3.05, 3.63) is 5.89 Å². The van der Waals surface area contributed by atoms with Gasteiger partial charge in [-0.15, -0.1) is 5.10 Å². The molecule has 0 radical (unpaired) electrons. The topological polar surface area (TPSA) is 71.7 Å². The van der Waals surface area contributed by atoms with E-state index in [1.165, 1.54) is 0 Å². The summed E-state index contributed by atoms with van der Waals surface area (Å²) in [4.78, 5) is 16.6. The van der Waals surface area contributed by atoms with Gasteiger partial charge in [-0.25, -0.2) is 0 Å². The minimum atomic E-state index is 0.0255. The molecule has 0 saturated carbocycles. The Morgan fingerprint density at radius 3 is 2.90 bits per heavy atom. The fourth-order valence-corrected chi connectivity index (χ4v) is 3.20. The second kappa shape index (κ2) is 6.01. The zero-order valence-corrected chi connectivity index (χ0v) is 12.6. The molecular weight excluding hydrogens is 272 g/mol. The molecule has 0 unspecified atom stereocenters. The lowest BCUT2D eigenvalue weighted by Crippen LogP contribution is -2.49. The summed E-state index contributed by atoms with van der Waals surface area (Å²) in [6, 6.07) is 0.758. The van der Waals surface area contributed by atoms with Gasteiger partial charge in [0, 0.05) is 39.2 Å². The molecule has 0 aliphatic carbocycles. The van der Waals surface area contributed by atoms with Crippen molar-refractivity contribution in [2.75, 3.05) is 38.3 Å². The number of nitrogens with zero attached hydrogens (tertiary/aromatic N) is 4. The van der Waals surface area contributed by atoms with E-state index in [1.54, 1.807) is 7.11 Å². The first-order chi connectivity index (χ1) is 10.2. The summed E-state index contributed by atoms with van der Waals surface area (Å²) in [5.74, 6) is 0.905. The fourth-order valence-electron chi connectivity index (χ4n) is 3.20. The van der Waals surface area contributed by atoms with Crippen molar-refractivity contribution in [1.82, 2.24) is 15.1 Å². The predicted octanol–water partition coefficient (Wildman–Crippen LogP) is 0.706. The minimum Gasteiger partial charge on any atom is -0.408 e. The Bertz CT molecular complexity index is 504. The number of hydrogen-bond acceptors (Lipinski definition) is 6. The Morgan fingerprint density at radius 1 is 1.33 bits per heavy atom. The molecule has 1 amide bonds. The number of ether oxygens (including phenoxy) is 1. The van der Waals surface area contributed by atoms with E-state index in [2.05, 4.69) is 15.1 Å². The second-order valence-electron chi connectivity index (χ2n) is 5.69. The Kier molecular flexibility index (Phi) is 4.10. The normalized spacial score (nSPS) is 25.5. The molecule has 0 N–H and O–H groups in total. The van der Waals surface area contributed by atoms with Crippen molar-refractivity contribution in [2.24, 2.45) is 5.92 Å². The Balaban J connectivity index is 1.77. The molecule has 3 aliphatic heterocycles. The summed E-state index contributed by atoms with van der Waals surface area (Å²) in [5, 5.41) is 8.14. The Labute approximate surface area is 124 Å². The maximum atomic E-state index is 12.5. The SMILES string of the molecule is CCc1nnc(N2C[C@@H]3CC[C@H](C2)N(CCOC)C3=O)o1. The summed E-state index contributed by atoms with van der Waals surface area (Å²) in [6.07, 6.45) is 2.70. The van der Waals surface area contributed by atoms with Crippen LogP contribution in [0.25, 0.3) is 0 Å². The number of rotatable bonds is 5. The molecule has 3 aliphatic rings. The van der Waals surface area contributed by atoms with Gasteiger partial charge in [0.2, 0.25) is 11.8 Å². The van der Waals surface area contributed by atoms with Crippen LogP contribution in [0.2, 0.25) is 0 Å². The molecule has 2 atom stereocenters. The summed E-state index contributed by atoms with van der Waals surface area (Å²) >= 11 is 0. The molecule has 2 bridgehead atoms. The highest BCUT2D eigenvalue weighted by Gasteiger charge is 2.41. The first kappa shape index (κ1) is 14.3. The molecule has 1 aromatic heterocycles. The zero-order chi connectivity index (χ0) is 14.8. The summed E-state index contributed by atoms with van der Waals surface area (Å²) in [7, 11) is 1.66. The Morgan fingerprint density at radius 2 is 2.19 bits per heavy atom. The van der Waals surface area contributed by atoms with E-state index in [0.717, 1.165) is 25.8 Å². The third kappa shape index (κ3) is 2.74. The van der Waals surface area contributed by atoms with Crippen molar-refractivity contribution in [2.45, 2.75) is 32.2 Å². The van der Waals surface area contributed by atoms with E-state index in [0.29, 0.717) is 31.6 Å². The summed E-state index contributed by atoms with van der Waals surface area (Å²) in [5.41, 5.74) is 0. The van der Waals surface area contributed by atoms with E-state index in [1.807, 2.05) is 11.8 Å². The lowest BCUT2D eigenvalue weighted by atomic mass is 9.94. The van der Waals surface area contributed by atoms with Gasteiger partial charge in [0.25, 0.3) is 0 Å².